The maximum atomic E-state index is 12.4. The number of fused-ring (bicyclic) bond motifs is 1. The summed E-state index contributed by atoms with van der Waals surface area (Å²) >= 11 is 6.46. The van der Waals surface area contributed by atoms with Gasteiger partial charge in [0.15, 0.2) is 12.9 Å². The van der Waals surface area contributed by atoms with Crippen molar-refractivity contribution in [3.05, 3.63) is 64.8 Å². The standard InChI is InChI=1S/C20H15ClN2O5/c21-19-17(18(26)20(22)27)16-14(23(19)9-12-5-2-1-3-6-12)7-4-8-15(16)28-11-13(25)10-24/h1-8,10H,9,11H2,(H2,22,27). The first kappa shape index (κ1) is 19.3. The van der Waals surface area contributed by atoms with E-state index in [1.807, 2.05) is 30.3 Å². The van der Waals surface area contributed by atoms with E-state index in [1.54, 1.807) is 16.7 Å². The topological polar surface area (TPSA) is 108 Å². The van der Waals surface area contributed by atoms with E-state index in [-0.39, 0.29) is 28.1 Å². The van der Waals surface area contributed by atoms with Crippen LogP contribution in [-0.2, 0) is 20.9 Å². The zero-order chi connectivity index (χ0) is 20.3. The minimum atomic E-state index is -1.17. The number of Topliss-reactive ketones (excluding diaryl/α,β-unsaturated/α-hetero) is 2. The molecule has 142 valence electrons. The van der Waals surface area contributed by atoms with Crippen molar-refractivity contribution in [2.45, 2.75) is 6.54 Å². The fourth-order valence-electron chi connectivity index (χ4n) is 2.89. The number of aromatic nitrogens is 1. The van der Waals surface area contributed by atoms with Gasteiger partial charge in [0.2, 0.25) is 5.78 Å². The number of ether oxygens (including phenoxy) is 1. The fraction of sp³-hybridized carbons (Fsp3) is 0.100. The van der Waals surface area contributed by atoms with Crippen LogP contribution in [0.15, 0.2) is 48.5 Å². The van der Waals surface area contributed by atoms with Gasteiger partial charge in [-0.05, 0) is 17.7 Å². The lowest BCUT2D eigenvalue weighted by Gasteiger charge is -2.09. The highest BCUT2D eigenvalue weighted by atomic mass is 35.5. The number of nitrogens with two attached hydrogens (primary N) is 1. The Kier molecular flexibility index (Phi) is 5.56. The van der Waals surface area contributed by atoms with E-state index in [0.29, 0.717) is 12.1 Å². The Balaban J connectivity index is 2.20. The van der Waals surface area contributed by atoms with E-state index in [4.69, 9.17) is 22.1 Å². The van der Waals surface area contributed by atoms with Crippen LogP contribution in [-0.4, -0.2) is 34.9 Å². The molecular weight excluding hydrogens is 384 g/mol. The van der Waals surface area contributed by atoms with Gasteiger partial charge in [-0.2, -0.15) is 0 Å². The first-order valence-corrected chi connectivity index (χ1v) is 8.61. The number of ketones is 2. The molecule has 2 N–H and O–H groups in total. The van der Waals surface area contributed by atoms with Gasteiger partial charge < -0.3 is 15.0 Å². The van der Waals surface area contributed by atoms with Crippen LogP contribution in [0.5, 0.6) is 5.75 Å². The van der Waals surface area contributed by atoms with E-state index < -0.39 is 24.1 Å². The quantitative estimate of drug-likeness (QED) is 0.355. The molecule has 0 aliphatic carbocycles. The smallest absolute Gasteiger partial charge is 0.289 e. The molecule has 0 aliphatic rings. The molecule has 3 aromatic rings. The SMILES string of the molecule is NC(=O)C(=O)c1c(Cl)n(Cc2ccccc2)c2cccc(OCC(=O)C=O)c12. The maximum absolute atomic E-state index is 12.4. The maximum Gasteiger partial charge on any atom is 0.289 e. The van der Waals surface area contributed by atoms with E-state index in [0.717, 1.165) is 5.56 Å². The number of hydrogen-bond donors (Lipinski definition) is 1. The van der Waals surface area contributed by atoms with Crippen molar-refractivity contribution in [3.63, 3.8) is 0 Å². The summed E-state index contributed by atoms with van der Waals surface area (Å²) in [6.07, 6.45) is 0.142. The number of benzene rings is 2. The molecule has 28 heavy (non-hydrogen) atoms. The second-order valence-electron chi connectivity index (χ2n) is 5.95. The van der Waals surface area contributed by atoms with Crippen molar-refractivity contribution in [2.24, 2.45) is 5.73 Å². The molecule has 0 bridgehead atoms. The van der Waals surface area contributed by atoms with Crippen LogP contribution in [0.3, 0.4) is 0 Å². The van der Waals surface area contributed by atoms with Gasteiger partial charge in [0.1, 0.15) is 10.9 Å². The van der Waals surface area contributed by atoms with Crippen molar-refractivity contribution < 1.29 is 23.9 Å². The van der Waals surface area contributed by atoms with Gasteiger partial charge in [-0.25, -0.2) is 0 Å². The third kappa shape index (κ3) is 3.65. The molecule has 0 saturated carbocycles. The number of carbonyl (C=O) groups excluding carboxylic acids is 4. The lowest BCUT2D eigenvalue weighted by molar-refractivity contribution is -0.131. The fourth-order valence-corrected chi connectivity index (χ4v) is 3.22. The summed E-state index contributed by atoms with van der Waals surface area (Å²) in [4.78, 5) is 45.8. The van der Waals surface area contributed by atoms with Crippen molar-refractivity contribution in [3.8, 4) is 5.75 Å². The van der Waals surface area contributed by atoms with E-state index in [2.05, 4.69) is 0 Å². The van der Waals surface area contributed by atoms with E-state index in [1.165, 1.54) is 6.07 Å². The molecule has 0 atom stereocenters. The average Bonchev–Trinajstić information content (AvgIpc) is 2.98. The van der Waals surface area contributed by atoms with Crippen LogP contribution in [0.1, 0.15) is 15.9 Å². The van der Waals surface area contributed by atoms with E-state index in [9.17, 15) is 19.2 Å². The summed E-state index contributed by atoms with van der Waals surface area (Å²) in [6.45, 7) is -0.173. The first-order chi connectivity index (χ1) is 13.4. The third-order valence-corrected chi connectivity index (χ3v) is 4.52. The predicted molar refractivity (Wildman–Crippen MR) is 103 cm³/mol. The molecule has 1 amide bonds. The zero-order valence-electron chi connectivity index (χ0n) is 14.6. The van der Waals surface area contributed by atoms with Crippen molar-refractivity contribution >= 4 is 46.3 Å². The summed E-state index contributed by atoms with van der Waals surface area (Å²) in [5.74, 6) is -2.76. The number of rotatable bonds is 8. The molecule has 1 aromatic heterocycles. The van der Waals surface area contributed by atoms with Crippen molar-refractivity contribution in [1.82, 2.24) is 4.57 Å². The van der Waals surface area contributed by atoms with Gasteiger partial charge in [-0.3, -0.25) is 19.2 Å². The van der Waals surface area contributed by atoms with Gasteiger partial charge in [-0.15, -0.1) is 0 Å². The third-order valence-electron chi connectivity index (χ3n) is 4.12. The Morgan fingerprint density at radius 3 is 2.43 bits per heavy atom. The number of halogens is 1. The Bertz CT molecular complexity index is 1090. The molecule has 7 nitrogen and oxygen atoms in total. The highest BCUT2D eigenvalue weighted by molar-refractivity contribution is 6.49. The van der Waals surface area contributed by atoms with Gasteiger partial charge in [0.25, 0.3) is 11.7 Å². The average molecular weight is 399 g/mol. The molecule has 0 aliphatic heterocycles. The monoisotopic (exact) mass is 398 g/mol. The minimum Gasteiger partial charge on any atom is -0.485 e. The lowest BCUT2D eigenvalue weighted by Crippen LogP contribution is -2.23. The highest BCUT2D eigenvalue weighted by Gasteiger charge is 2.27. The molecule has 3 rings (SSSR count). The van der Waals surface area contributed by atoms with Crippen molar-refractivity contribution in [1.29, 1.82) is 0 Å². The molecule has 0 spiro atoms. The first-order valence-electron chi connectivity index (χ1n) is 8.23. The van der Waals surface area contributed by atoms with Crippen LogP contribution in [0.4, 0.5) is 0 Å². The number of amides is 1. The molecule has 8 heteroatoms. The molecule has 0 fully saturated rings. The molecule has 0 saturated heterocycles. The predicted octanol–water partition coefficient (Wildman–Crippen LogP) is 2.16. The normalized spacial score (nSPS) is 10.6. The van der Waals surface area contributed by atoms with Crippen LogP contribution < -0.4 is 10.5 Å². The van der Waals surface area contributed by atoms with Gasteiger partial charge >= 0.3 is 0 Å². The highest BCUT2D eigenvalue weighted by Crippen LogP contribution is 2.37. The molecule has 0 unspecified atom stereocenters. The summed E-state index contributed by atoms with van der Waals surface area (Å²) < 4.78 is 7.05. The second kappa shape index (κ2) is 8.06. The largest absolute Gasteiger partial charge is 0.485 e. The number of primary amides is 1. The Hall–Kier alpha value is -3.45. The van der Waals surface area contributed by atoms with Crippen LogP contribution in [0.25, 0.3) is 10.9 Å². The zero-order valence-corrected chi connectivity index (χ0v) is 15.3. The van der Waals surface area contributed by atoms with E-state index >= 15 is 0 Å². The Morgan fingerprint density at radius 1 is 1.07 bits per heavy atom. The van der Waals surface area contributed by atoms with Gasteiger partial charge in [0.05, 0.1) is 16.5 Å². The molecule has 0 radical (unpaired) electrons. The number of hydrogen-bond acceptors (Lipinski definition) is 5. The molecule has 1 heterocycles. The molecule has 2 aromatic carbocycles. The van der Waals surface area contributed by atoms with Crippen molar-refractivity contribution in [2.75, 3.05) is 6.61 Å². The van der Waals surface area contributed by atoms with Crippen LogP contribution in [0.2, 0.25) is 5.15 Å². The van der Waals surface area contributed by atoms with Crippen LogP contribution >= 0.6 is 11.6 Å². The summed E-state index contributed by atoms with van der Waals surface area (Å²) in [5.41, 5.74) is 6.52. The Morgan fingerprint density at radius 2 is 1.79 bits per heavy atom. The second-order valence-corrected chi connectivity index (χ2v) is 6.31. The summed E-state index contributed by atoms with van der Waals surface area (Å²) in [5, 5.41) is 0.284. The minimum absolute atomic E-state index is 0.0282. The number of carbonyl (C=O) groups is 4. The Labute approximate surface area is 164 Å². The number of aldehydes is 1. The lowest BCUT2D eigenvalue weighted by atomic mass is 10.1. The van der Waals surface area contributed by atoms with Gasteiger partial charge in [0, 0.05) is 6.54 Å². The molecular formula is C20H15ClN2O5. The summed E-state index contributed by atoms with van der Waals surface area (Å²) in [7, 11) is 0. The van der Waals surface area contributed by atoms with Crippen LogP contribution in [0, 0.1) is 0 Å². The summed E-state index contributed by atoms with van der Waals surface area (Å²) in [6, 6.07) is 14.3. The number of nitrogens with zero attached hydrogens (tertiary/aromatic N) is 1. The van der Waals surface area contributed by atoms with Gasteiger partial charge in [-0.1, -0.05) is 48.0 Å².